The molecule has 5 nitrogen and oxygen atoms in total. The quantitative estimate of drug-likeness (QED) is 0.352. The van der Waals surface area contributed by atoms with Gasteiger partial charge in [0.25, 0.3) is 5.91 Å². The van der Waals surface area contributed by atoms with Crippen LogP contribution in [0.3, 0.4) is 0 Å². The van der Waals surface area contributed by atoms with Crippen molar-refractivity contribution in [2.24, 2.45) is 0 Å². The van der Waals surface area contributed by atoms with Crippen LogP contribution in [0.2, 0.25) is 5.02 Å². The average molecular weight is 447 g/mol. The van der Waals surface area contributed by atoms with E-state index in [1.165, 1.54) is 13.2 Å². The molecule has 6 heteroatoms. The number of nitrogens with one attached hydrogen (secondary N) is 1. The van der Waals surface area contributed by atoms with Crippen molar-refractivity contribution in [3.05, 3.63) is 93.5 Å². The highest BCUT2D eigenvalue weighted by atomic mass is 35.5. The van der Waals surface area contributed by atoms with Gasteiger partial charge in [0.1, 0.15) is 18.2 Å². The first kappa shape index (κ1) is 22.9. The molecule has 0 saturated heterocycles. The molecule has 3 rings (SSSR count). The molecule has 0 heterocycles. The first-order valence-corrected chi connectivity index (χ1v) is 10.3. The second-order valence-corrected chi connectivity index (χ2v) is 7.62. The number of benzene rings is 3. The highest BCUT2D eigenvalue weighted by Gasteiger charge is 2.12. The summed E-state index contributed by atoms with van der Waals surface area (Å²) in [6, 6.07) is 20.2. The molecule has 0 bridgehead atoms. The molecule has 0 radical (unpaired) electrons. The van der Waals surface area contributed by atoms with Gasteiger partial charge in [-0.3, -0.25) is 4.79 Å². The third-order valence-corrected chi connectivity index (χ3v) is 5.34. The van der Waals surface area contributed by atoms with Gasteiger partial charge in [0.15, 0.2) is 11.5 Å². The summed E-state index contributed by atoms with van der Waals surface area (Å²) in [7, 11) is 1.53. The Morgan fingerprint density at radius 1 is 1.06 bits per heavy atom. The molecule has 1 amide bonds. The molecule has 0 aliphatic carbocycles. The van der Waals surface area contributed by atoms with Gasteiger partial charge in [-0.1, -0.05) is 41.9 Å². The van der Waals surface area contributed by atoms with Crippen LogP contribution in [-0.4, -0.2) is 13.0 Å². The Kier molecular flexibility index (Phi) is 7.54. The van der Waals surface area contributed by atoms with Gasteiger partial charge in [0.05, 0.1) is 7.11 Å². The van der Waals surface area contributed by atoms with Crippen molar-refractivity contribution in [1.29, 1.82) is 5.26 Å². The summed E-state index contributed by atoms with van der Waals surface area (Å²) in [6.07, 6.45) is 1.51. The largest absolute Gasteiger partial charge is 0.493 e. The third-order valence-electron chi connectivity index (χ3n) is 4.97. The molecule has 1 N–H and O–H groups in total. The summed E-state index contributed by atoms with van der Waals surface area (Å²) in [5.41, 5.74) is 4.30. The number of carbonyl (C=O) groups is 1. The molecule has 162 valence electrons. The number of anilines is 1. The second kappa shape index (κ2) is 10.5. The van der Waals surface area contributed by atoms with E-state index >= 15 is 0 Å². The van der Waals surface area contributed by atoms with Crippen LogP contribution in [0.25, 0.3) is 6.08 Å². The maximum atomic E-state index is 12.6. The Balaban J connectivity index is 1.76. The van der Waals surface area contributed by atoms with Crippen LogP contribution in [0.5, 0.6) is 11.5 Å². The fourth-order valence-electron chi connectivity index (χ4n) is 3.00. The molecular formula is C26H23ClN2O3. The first-order chi connectivity index (χ1) is 15.4. The van der Waals surface area contributed by atoms with Gasteiger partial charge in [-0.15, -0.1) is 0 Å². The van der Waals surface area contributed by atoms with Crippen LogP contribution in [0.4, 0.5) is 5.69 Å². The number of rotatable bonds is 7. The van der Waals surface area contributed by atoms with Crippen molar-refractivity contribution in [1.82, 2.24) is 0 Å². The van der Waals surface area contributed by atoms with Crippen molar-refractivity contribution < 1.29 is 14.3 Å². The normalized spacial score (nSPS) is 10.9. The predicted molar refractivity (Wildman–Crippen MR) is 127 cm³/mol. The van der Waals surface area contributed by atoms with Crippen LogP contribution < -0.4 is 14.8 Å². The van der Waals surface area contributed by atoms with Crippen molar-refractivity contribution in [3.63, 3.8) is 0 Å². The minimum Gasteiger partial charge on any atom is -0.493 e. The minimum absolute atomic E-state index is 0.0185. The summed E-state index contributed by atoms with van der Waals surface area (Å²) in [4.78, 5) is 12.6. The molecule has 0 aromatic heterocycles. The zero-order valence-electron chi connectivity index (χ0n) is 18.1. The molecule has 3 aromatic rings. The van der Waals surface area contributed by atoms with E-state index in [0.29, 0.717) is 27.8 Å². The van der Waals surface area contributed by atoms with Crippen LogP contribution in [0.1, 0.15) is 22.3 Å². The van der Waals surface area contributed by atoms with E-state index < -0.39 is 5.91 Å². The molecule has 0 spiro atoms. The maximum Gasteiger partial charge on any atom is 0.266 e. The molecule has 0 fully saturated rings. The van der Waals surface area contributed by atoms with Crippen LogP contribution in [-0.2, 0) is 11.4 Å². The number of nitriles is 1. The SMILES string of the molecule is COc1cc(/C=C(\C#N)C(=O)Nc2ccc(C)c(C)c2)ccc1OCc1ccccc1Cl. The Hall–Kier alpha value is -3.75. The molecular weight excluding hydrogens is 424 g/mol. The van der Waals surface area contributed by atoms with E-state index in [1.807, 2.05) is 56.3 Å². The van der Waals surface area contributed by atoms with Crippen molar-refractivity contribution in [2.45, 2.75) is 20.5 Å². The zero-order valence-corrected chi connectivity index (χ0v) is 18.9. The monoisotopic (exact) mass is 446 g/mol. The number of carbonyl (C=O) groups excluding carboxylic acids is 1. The highest BCUT2D eigenvalue weighted by molar-refractivity contribution is 6.31. The van der Waals surface area contributed by atoms with E-state index in [4.69, 9.17) is 21.1 Å². The lowest BCUT2D eigenvalue weighted by atomic mass is 10.1. The summed E-state index contributed by atoms with van der Waals surface area (Å²) in [5.74, 6) is 0.536. The molecule has 0 saturated carbocycles. The lowest BCUT2D eigenvalue weighted by Gasteiger charge is -2.12. The lowest BCUT2D eigenvalue weighted by Crippen LogP contribution is -2.13. The van der Waals surface area contributed by atoms with Gasteiger partial charge in [0.2, 0.25) is 0 Å². The van der Waals surface area contributed by atoms with Crippen LogP contribution in [0.15, 0.2) is 66.2 Å². The van der Waals surface area contributed by atoms with Gasteiger partial charge >= 0.3 is 0 Å². The first-order valence-electron chi connectivity index (χ1n) is 9.96. The van der Waals surface area contributed by atoms with E-state index in [9.17, 15) is 10.1 Å². The van der Waals surface area contributed by atoms with Crippen molar-refractivity contribution >= 4 is 29.3 Å². The summed E-state index contributed by atoms with van der Waals surface area (Å²) in [6.45, 7) is 4.25. The number of nitrogens with zero attached hydrogens (tertiary/aromatic N) is 1. The van der Waals surface area contributed by atoms with Crippen LogP contribution >= 0.6 is 11.6 Å². The highest BCUT2D eigenvalue weighted by Crippen LogP contribution is 2.30. The number of halogens is 1. The van der Waals surface area contributed by atoms with E-state index in [0.717, 1.165) is 16.7 Å². The molecule has 32 heavy (non-hydrogen) atoms. The number of hydrogen-bond acceptors (Lipinski definition) is 4. The zero-order chi connectivity index (χ0) is 23.1. The van der Waals surface area contributed by atoms with Gasteiger partial charge in [-0.05, 0) is 66.9 Å². The number of amides is 1. The Bertz CT molecular complexity index is 1210. The fourth-order valence-corrected chi connectivity index (χ4v) is 3.19. The summed E-state index contributed by atoms with van der Waals surface area (Å²) >= 11 is 6.18. The van der Waals surface area contributed by atoms with Crippen molar-refractivity contribution in [3.8, 4) is 17.6 Å². The Morgan fingerprint density at radius 3 is 2.53 bits per heavy atom. The van der Waals surface area contributed by atoms with Gasteiger partial charge < -0.3 is 14.8 Å². The maximum absolute atomic E-state index is 12.6. The molecule has 0 unspecified atom stereocenters. The predicted octanol–water partition coefficient (Wildman–Crippen LogP) is 6.09. The average Bonchev–Trinajstić information content (AvgIpc) is 2.79. The number of ether oxygens (including phenoxy) is 2. The number of aryl methyl sites for hydroxylation is 2. The van der Waals surface area contributed by atoms with Gasteiger partial charge in [-0.2, -0.15) is 5.26 Å². The lowest BCUT2D eigenvalue weighted by molar-refractivity contribution is -0.112. The van der Waals surface area contributed by atoms with E-state index in [1.54, 1.807) is 24.3 Å². The molecule has 0 aliphatic heterocycles. The van der Waals surface area contributed by atoms with Crippen molar-refractivity contribution in [2.75, 3.05) is 12.4 Å². The van der Waals surface area contributed by atoms with E-state index in [-0.39, 0.29) is 12.2 Å². The molecule has 3 aromatic carbocycles. The summed E-state index contributed by atoms with van der Waals surface area (Å²) in [5, 5.41) is 12.9. The molecule has 0 atom stereocenters. The standard InChI is InChI=1S/C26H23ClN2O3/c1-17-8-10-22(12-18(17)2)29-26(30)21(15-28)13-19-9-11-24(25(14-19)31-3)32-16-20-6-4-5-7-23(20)27/h4-14H,16H2,1-3H3,(H,29,30)/b21-13+. The fraction of sp³-hybridized carbons (Fsp3) is 0.154. The Labute approximate surface area is 192 Å². The molecule has 0 aliphatic rings. The Morgan fingerprint density at radius 2 is 1.84 bits per heavy atom. The summed E-state index contributed by atoms with van der Waals surface area (Å²) < 4.78 is 11.3. The van der Waals surface area contributed by atoms with Crippen LogP contribution in [0, 0.1) is 25.2 Å². The smallest absolute Gasteiger partial charge is 0.266 e. The number of methoxy groups -OCH3 is 1. The third kappa shape index (κ3) is 5.69. The second-order valence-electron chi connectivity index (χ2n) is 7.21. The topological polar surface area (TPSA) is 71.3 Å². The minimum atomic E-state index is -0.478. The van der Waals surface area contributed by atoms with Gasteiger partial charge in [-0.25, -0.2) is 0 Å². The van der Waals surface area contributed by atoms with Gasteiger partial charge in [0, 0.05) is 16.3 Å². The van der Waals surface area contributed by atoms with E-state index in [2.05, 4.69) is 5.32 Å². The number of hydrogen-bond donors (Lipinski definition) is 1.